The molecule has 0 saturated heterocycles. The van der Waals surface area contributed by atoms with Gasteiger partial charge in [-0.05, 0) is 0 Å². The quantitative estimate of drug-likeness (QED) is 0.336. The minimum absolute atomic E-state index is 0. The average molecular weight is 116 g/mol. The number of halogens is 2. The van der Waals surface area contributed by atoms with Crippen molar-refractivity contribution < 1.29 is 29.7 Å². The molecule has 0 aliphatic rings. The summed E-state index contributed by atoms with van der Waals surface area (Å²) >= 11 is 5.12. The van der Waals surface area contributed by atoms with E-state index in [4.69, 9.17) is 11.6 Å². The fourth-order valence-corrected chi connectivity index (χ4v) is 0. The first-order valence-corrected chi connectivity index (χ1v) is 1.80. The van der Waals surface area contributed by atoms with Crippen molar-refractivity contribution in [3.05, 3.63) is 0 Å². The van der Waals surface area contributed by atoms with Crippen LogP contribution in [0.25, 0.3) is 0 Å². The summed E-state index contributed by atoms with van der Waals surface area (Å²) in [5, 5.41) is 0. The van der Waals surface area contributed by atoms with E-state index >= 15 is 0 Å². The van der Waals surface area contributed by atoms with Crippen molar-refractivity contribution in [3.63, 3.8) is 0 Å². The normalized spacial score (nSPS) is 6.00. The topological polar surface area (TPSA) is 27.6 Å². The third kappa shape index (κ3) is 12.4. The highest BCUT2D eigenvalue weighted by molar-refractivity contribution is 4.00. The van der Waals surface area contributed by atoms with Gasteiger partial charge >= 0.3 is 11.6 Å². The summed E-state index contributed by atoms with van der Waals surface area (Å²) in [4.78, 5) is 0. The van der Waals surface area contributed by atoms with E-state index in [0.29, 0.717) is 5.88 Å². The Bertz CT molecular complexity index is 9.61. The van der Waals surface area contributed by atoms with E-state index in [1.165, 1.54) is 0 Å². The second kappa shape index (κ2) is 8.82. The van der Waals surface area contributed by atoms with Gasteiger partial charge in [0.25, 0.3) is 5.88 Å². The molecule has 3 N–H and O–H groups in total. The van der Waals surface area contributed by atoms with Gasteiger partial charge in [0.1, 0.15) is 6.54 Å². The molecule has 3 heteroatoms. The van der Waals surface area contributed by atoms with Crippen LogP contribution in [0.4, 0.5) is 0 Å². The molecular formula is C2H7Cl2N+. The van der Waals surface area contributed by atoms with Gasteiger partial charge in [-0.3, -0.25) is 0 Å². The number of quaternary nitrogens is 1. The van der Waals surface area contributed by atoms with Crippen molar-refractivity contribution in [2.45, 2.75) is 0 Å². The predicted octanol–water partition coefficient (Wildman–Crippen LogP) is -4.22. The smallest absolute Gasteiger partial charge is 0.475 e. The highest BCUT2D eigenvalue weighted by Gasteiger charge is 1.83. The van der Waals surface area contributed by atoms with Crippen LogP contribution in [0.1, 0.15) is 0 Å². The first-order chi connectivity index (χ1) is 1.91. The summed E-state index contributed by atoms with van der Waals surface area (Å²) in [6.45, 7) is 0.835. The van der Waals surface area contributed by atoms with Gasteiger partial charge < -0.3 is 18.1 Å². The Morgan fingerprint density at radius 1 is 1.60 bits per heavy atom. The Morgan fingerprint density at radius 3 is 1.80 bits per heavy atom. The summed E-state index contributed by atoms with van der Waals surface area (Å²) in [5.41, 5.74) is 3.47. The van der Waals surface area contributed by atoms with E-state index in [9.17, 15) is 0 Å². The fourth-order valence-electron chi connectivity index (χ4n) is 0. The van der Waals surface area contributed by atoms with Gasteiger partial charge in [0.15, 0.2) is 0 Å². The van der Waals surface area contributed by atoms with Crippen LogP contribution in [-0.4, -0.2) is 12.4 Å². The lowest BCUT2D eigenvalue weighted by molar-refractivity contribution is -0.453. The zero-order valence-corrected chi connectivity index (χ0v) is 4.39. The fraction of sp³-hybridized carbons (Fsp3) is 1.00. The van der Waals surface area contributed by atoms with Crippen LogP contribution in [0, 0.1) is 11.6 Å². The van der Waals surface area contributed by atoms with Gasteiger partial charge in [-0.2, -0.15) is 0 Å². The number of alkyl halides is 1. The third-order valence-corrected chi connectivity index (χ3v) is 0.401. The largest absolute Gasteiger partial charge is 1.00 e. The molecule has 5 heavy (non-hydrogen) atoms. The molecule has 0 atom stereocenters. The Morgan fingerprint density at radius 2 is 1.80 bits per heavy atom. The molecule has 0 unspecified atom stereocenters. The van der Waals surface area contributed by atoms with Gasteiger partial charge in [0, 0.05) is 0 Å². The van der Waals surface area contributed by atoms with Crippen molar-refractivity contribution in [1.29, 1.82) is 0 Å². The monoisotopic (exact) mass is 115 g/mol. The zero-order valence-electron chi connectivity index (χ0n) is 2.88. The second-order valence-electron chi connectivity index (χ2n) is 0.543. The van der Waals surface area contributed by atoms with Crippen molar-refractivity contribution in [3.8, 4) is 0 Å². The molecule has 0 aromatic carbocycles. The molecular weight excluding hydrogens is 109 g/mol. The number of rotatable bonds is 1. The van der Waals surface area contributed by atoms with Crippen molar-refractivity contribution in [2.24, 2.45) is 0 Å². The van der Waals surface area contributed by atoms with Crippen molar-refractivity contribution in [2.75, 3.05) is 12.4 Å². The van der Waals surface area contributed by atoms with Crippen LogP contribution < -0.4 is 18.1 Å². The Balaban J connectivity index is 0. The highest BCUT2D eigenvalue weighted by Crippen LogP contribution is 1.35. The van der Waals surface area contributed by atoms with Gasteiger partial charge in [0.05, 0.1) is 0 Å². The zero-order chi connectivity index (χ0) is 3.41. The maximum absolute atomic E-state index is 5.12. The van der Waals surface area contributed by atoms with Crippen LogP contribution in [-0.2, 0) is 0 Å². The molecule has 0 amide bonds. The molecule has 1 radical (unpaired) electrons. The van der Waals surface area contributed by atoms with E-state index < -0.39 is 0 Å². The molecule has 0 spiro atoms. The second-order valence-corrected chi connectivity index (χ2v) is 0.921. The van der Waals surface area contributed by atoms with Gasteiger partial charge in [-0.25, -0.2) is 0 Å². The molecule has 1 nitrogen and oxygen atoms in total. The highest BCUT2D eigenvalue weighted by atomic mass is 35.5. The molecule has 0 aliphatic carbocycles. The Labute approximate surface area is 42.9 Å². The summed E-state index contributed by atoms with van der Waals surface area (Å²) in [7, 11) is 0. The first-order valence-electron chi connectivity index (χ1n) is 1.27. The molecule has 0 aliphatic heterocycles. The lowest BCUT2D eigenvalue weighted by Crippen LogP contribution is -3.00. The van der Waals surface area contributed by atoms with E-state index in [1.807, 2.05) is 0 Å². The van der Waals surface area contributed by atoms with Crippen LogP contribution >= 0.6 is 0 Å². The molecule has 0 bridgehead atoms. The van der Waals surface area contributed by atoms with E-state index in [-0.39, 0.29) is 12.4 Å². The summed E-state index contributed by atoms with van der Waals surface area (Å²) in [5.74, 6) is 0.681. The maximum atomic E-state index is 5.12. The first kappa shape index (κ1) is 9.11. The van der Waals surface area contributed by atoms with Gasteiger partial charge in [0.2, 0.25) is 0 Å². The molecule has 0 aromatic rings. The lowest BCUT2D eigenvalue weighted by atomic mass is 10.8. The predicted molar refractivity (Wildman–Crippen MR) is 12.6 cm³/mol. The minimum atomic E-state index is 0. The Kier molecular flexibility index (Phi) is 16.1. The third-order valence-electron chi connectivity index (χ3n) is 0.134. The van der Waals surface area contributed by atoms with Crippen LogP contribution in [0.2, 0.25) is 0 Å². The molecule has 0 fully saturated rings. The molecule has 0 rings (SSSR count). The van der Waals surface area contributed by atoms with E-state index in [0.717, 1.165) is 6.54 Å². The van der Waals surface area contributed by atoms with Crippen molar-refractivity contribution >= 4 is 0 Å². The molecule has 33 valence electrons. The van der Waals surface area contributed by atoms with Gasteiger partial charge in [-0.1, -0.05) is 0 Å². The van der Waals surface area contributed by atoms with Crippen molar-refractivity contribution in [1.82, 2.24) is 0 Å². The van der Waals surface area contributed by atoms with Crippen LogP contribution in [0.15, 0.2) is 0 Å². The average Bonchev–Trinajstić information content (AvgIpc) is 1.37. The number of hydrogen-bond acceptors (Lipinski definition) is 0. The molecule has 0 heterocycles. The van der Waals surface area contributed by atoms with Gasteiger partial charge in [-0.15, -0.1) is 0 Å². The van der Waals surface area contributed by atoms with Crippen LogP contribution in [0.3, 0.4) is 0 Å². The standard InChI is InChI=1S/C2H6ClN.ClH/c3-1-2-4;/h1-2,4H2;1H/q+1;. The summed E-state index contributed by atoms with van der Waals surface area (Å²) in [6, 6.07) is 0. The summed E-state index contributed by atoms with van der Waals surface area (Å²) in [6.07, 6.45) is 0. The van der Waals surface area contributed by atoms with E-state index in [1.54, 1.807) is 0 Å². The lowest BCUT2D eigenvalue weighted by Gasteiger charge is -1.50. The maximum Gasteiger partial charge on any atom is 0.475 e. The SMILES string of the molecule is [Cl-].[NH3+]CC[Cl+]. The molecule has 0 aromatic heterocycles. The minimum Gasteiger partial charge on any atom is -1.00 e. The summed E-state index contributed by atoms with van der Waals surface area (Å²) < 4.78 is 0. The van der Waals surface area contributed by atoms with Crippen LogP contribution in [0.5, 0.6) is 0 Å². The molecule has 0 saturated carbocycles. The number of hydrogen-bond donors (Lipinski definition) is 1. The Hall–Kier alpha value is 0.540. The van der Waals surface area contributed by atoms with E-state index in [2.05, 4.69) is 5.73 Å².